The Kier molecular flexibility index (Phi) is 4.32. The lowest BCUT2D eigenvalue weighted by atomic mass is 10.2. The van der Waals surface area contributed by atoms with Crippen LogP contribution < -0.4 is 11.1 Å². The van der Waals surface area contributed by atoms with Crippen LogP contribution in [0.25, 0.3) is 5.65 Å². The summed E-state index contributed by atoms with van der Waals surface area (Å²) in [5.74, 6) is 1.60. The second-order valence-corrected chi connectivity index (χ2v) is 6.40. The third-order valence-electron chi connectivity index (χ3n) is 4.44. The van der Waals surface area contributed by atoms with E-state index in [-0.39, 0.29) is 5.71 Å². The zero-order valence-corrected chi connectivity index (χ0v) is 14.9. The van der Waals surface area contributed by atoms with Crippen molar-refractivity contribution < 1.29 is 5.11 Å². The third-order valence-corrected chi connectivity index (χ3v) is 4.44. The average molecular weight is 367 g/mol. The molecule has 2 aromatic heterocycles. The fourth-order valence-corrected chi connectivity index (χ4v) is 3.16. The quantitative estimate of drug-likeness (QED) is 0.624. The maximum atomic E-state index is 9.77. The number of likely N-dealkylation sites (tertiary alicyclic amines) is 1. The lowest BCUT2D eigenvalue weighted by molar-refractivity contribution is 0.188. The molecule has 0 radical (unpaired) electrons. The van der Waals surface area contributed by atoms with Crippen molar-refractivity contribution in [3.05, 3.63) is 30.2 Å². The Morgan fingerprint density at radius 2 is 2.33 bits per heavy atom. The van der Waals surface area contributed by atoms with Gasteiger partial charge in [0.15, 0.2) is 17.3 Å². The highest BCUT2D eigenvalue weighted by atomic mass is 16.3. The van der Waals surface area contributed by atoms with Crippen LogP contribution in [0.3, 0.4) is 0 Å². The van der Waals surface area contributed by atoms with Gasteiger partial charge in [0.2, 0.25) is 0 Å². The molecule has 5 N–H and O–H groups in total. The highest BCUT2D eigenvalue weighted by Gasteiger charge is 2.28. The van der Waals surface area contributed by atoms with Crippen molar-refractivity contribution in [1.29, 1.82) is 5.41 Å². The fourth-order valence-electron chi connectivity index (χ4n) is 3.16. The normalized spacial score (nSPS) is 21.7. The first-order chi connectivity index (χ1) is 13.1. The number of amidine groups is 2. The van der Waals surface area contributed by atoms with Gasteiger partial charge in [-0.25, -0.2) is 15.0 Å². The van der Waals surface area contributed by atoms with Gasteiger partial charge in [-0.3, -0.25) is 5.41 Å². The van der Waals surface area contributed by atoms with E-state index in [4.69, 9.17) is 11.1 Å². The average Bonchev–Trinajstić information content (AvgIpc) is 3.25. The maximum absolute atomic E-state index is 9.77. The Bertz CT molecular complexity index is 987. The van der Waals surface area contributed by atoms with Crippen LogP contribution in [0.5, 0.6) is 0 Å². The van der Waals surface area contributed by atoms with Crippen LogP contribution in [-0.2, 0) is 0 Å². The zero-order valence-electron chi connectivity index (χ0n) is 14.9. The number of aliphatic hydroxyl groups is 1. The number of hydrogen-bond donors (Lipinski definition) is 4. The Balaban J connectivity index is 1.73. The summed E-state index contributed by atoms with van der Waals surface area (Å²) in [5.41, 5.74) is 7.70. The van der Waals surface area contributed by atoms with E-state index < -0.39 is 6.10 Å². The topological polar surface area (TPSA) is 140 Å². The van der Waals surface area contributed by atoms with Crippen LogP contribution in [0, 0.1) is 5.41 Å². The monoisotopic (exact) mass is 367 g/mol. The lowest BCUT2D eigenvalue weighted by Gasteiger charge is -2.22. The van der Waals surface area contributed by atoms with Crippen molar-refractivity contribution in [2.45, 2.75) is 19.4 Å². The SMILES string of the molecule is CCNc1ccnc2c(/N=C3\N=C(N4CCC(O)C4)C(=N)C=C3N)cnn12. The summed E-state index contributed by atoms with van der Waals surface area (Å²) in [6, 6.07) is 1.84. The minimum atomic E-state index is -0.405. The van der Waals surface area contributed by atoms with Gasteiger partial charge in [-0.15, -0.1) is 0 Å². The molecule has 140 valence electrons. The predicted molar refractivity (Wildman–Crippen MR) is 104 cm³/mol. The van der Waals surface area contributed by atoms with Crippen LogP contribution in [0.1, 0.15) is 13.3 Å². The van der Waals surface area contributed by atoms with Crippen molar-refractivity contribution in [3.63, 3.8) is 0 Å². The number of hydrogen-bond acceptors (Lipinski definition) is 8. The van der Waals surface area contributed by atoms with E-state index in [2.05, 4.69) is 25.4 Å². The van der Waals surface area contributed by atoms with Crippen LogP contribution in [0.4, 0.5) is 11.5 Å². The van der Waals surface area contributed by atoms with Gasteiger partial charge in [0, 0.05) is 25.8 Å². The van der Waals surface area contributed by atoms with Crippen LogP contribution in [0.15, 0.2) is 40.2 Å². The van der Waals surface area contributed by atoms with E-state index in [9.17, 15) is 5.11 Å². The highest BCUT2D eigenvalue weighted by molar-refractivity contribution is 6.48. The standard InChI is InChI=1S/C17H21N9O/c1-2-20-14-3-5-21-17-13(8-22-26(14)17)23-15-11(18)7-12(19)16(24-15)25-6-4-10(27)9-25/h3,5,7-8,10,19-20,27H,2,4,6,9,18H2,1H3/b19-12?,23-15-. The Morgan fingerprint density at radius 1 is 1.48 bits per heavy atom. The van der Waals surface area contributed by atoms with Crippen LogP contribution in [-0.4, -0.2) is 67.7 Å². The number of β-amino-alcohol motifs (C(OH)–C–C–N with tert-alkyl or cyclic N) is 1. The number of dihydropyridines is 1. The number of aliphatic imine (C=N–C) groups is 2. The molecule has 2 aliphatic rings. The largest absolute Gasteiger partial charge is 0.396 e. The Hall–Kier alpha value is -3.27. The first-order valence-corrected chi connectivity index (χ1v) is 8.80. The molecule has 0 aliphatic carbocycles. The van der Waals surface area contributed by atoms with E-state index >= 15 is 0 Å². The molecule has 1 unspecified atom stereocenters. The van der Waals surface area contributed by atoms with Crippen molar-refractivity contribution >= 4 is 34.5 Å². The molecule has 0 aromatic carbocycles. The summed E-state index contributed by atoms with van der Waals surface area (Å²) in [7, 11) is 0. The summed E-state index contributed by atoms with van der Waals surface area (Å²) in [6.07, 6.45) is 5.09. The van der Waals surface area contributed by atoms with Gasteiger partial charge in [-0.1, -0.05) is 0 Å². The fraction of sp³-hybridized carbons (Fsp3) is 0.353. The number of anilines is 1. The van der Waals surface area contributed by atoms with E-state index in [1.807, 2.05) is 17.9 Å². The first-order valence-electron chi connectivity index (χ1n) is 8.80. The number of nitrogens with two attached hydrogens (primary N) is 1. The van der Waals surface area contributed by atoms with Crippen molar-refractivity contribution in [2.24, 2.45) is 15.7 Å². The Labute approximate surface area is 155 Å². The molecule has 10 nitrogen and oxygen atoms in total. The number of fused-ring (bicyclic) bond motifs is 1. The van der Waals surface area contributed by atoms with E-state index in [1.165, 1.54) is 6.08 Å². The third kappa shape index (κ3) is 3.14. The number of nitrogens with one attached hydrogen (secondary N) is 2. The predicted octanol–water partition coefficient (Wildman–Crippen LogP) is 0.532. The molecule has 2 aliphatic heterocycles. The molecule has 1 atom stereocenters. The summed E-state index contributed by atoms with van der Waals surface area (Å²) in [4.78, 5) is 15.3. The molecular formula is C17H21N9O. The molecule has 1 saturated heterocycles. The summed E-state index contributed by atoms with van der Waals surface area (Å²) in [5, 5.41) is 25.5. The van der Waals surface area contributed by atoms with Gasteiger partial charge < -0.3 is 21.1 Å². The minimum Gasteiger partial charge on any atom is -0.396 e. The van der Waals surface area contributed by atoms with Gasteiger partial charge in [0.25, 0.3) is 0 Å². The van der Waals surface area contributed by atoms with Gasteiger partial charge in [-0.2, -0.15) is 9.61 Å². The second-order valence-electron chi connectivity index (χ2n) is 6.40. The lowest BCUT2D eigenvalue weighted by Crippen LogP contribution is -2.38. The number of aliphatic hydroxyl groups excluding tert-OH is 1. The Morgan fingerprint density at radius 3 is 3.07 bits per heavy atom. The van der Waals surface area contributed by atoms with E-state index in [0.29, 0.717) is 48.2 Å². The maximum Gasteiger partial charge on any atom is 0.183 e. The van der Waals surface area contributed by atoms with Gasteiger partial charge in [0.1, 0.15) is 11.5 Å². The molecule has 10 heteroatoms. The zero-order chi connectivity index (χ0) is 19.0. The highest BCUT2D eigenvalue weighted by Crippen LogP contribution is 2.23. The number of nitrogens with zero attached hydrogens (tertiary/aromatic N) is 6. The number of rotatable bonds is 3. The van der Waals surface area contributed by atoms with Crippen molar-refractivity contribution in [3.8, 4) is 0 Å². The molecule has 4 heterocycles. The van der Waals surface area contributed by atoms with Gasteiger partial charge >= 0.3 is 0 Å². The van der Waals surface area contributed by atoms with Crippen molar-refractivity contribution in [2.75, 3.05) is 25.0 Å². The molecule has 2 aromatic rings. The summed E-state index contributed by atoms with van der Waals surface area (Å²) in [6.45, 7) is 3.86. The van der Waals surface area contributed by atoms with Crippen molar-refractivity contribution in [1.82, 2.24) is 19.5 Å². The molecule has 0 spiro atoms. The van der Waals surface area contributed by atoms with Crippen LogP contribution in [0.2, 0.25) is 0 Å². The molecule has 0 saturated carbocycles. The molecule has 0 amide bonds. The smallest absolute Gasteiger partial charge is 0.183 e. The molecule has 4 rings (SSSR count). The minimum absolute atomic E-state index is 0.216. The first kappa shape index (κ1) is 17.2. The molecule has 27 heavy (non-hydrogen) atoms. The van der Waals surface area contributed by atoms with Gasteiger partial charge in [0.05, 0.1) is 23.7 Å². The number of aromatic nitrogens is 3. The molecule has 1 fully saturated rings. The summed E-state index contributed by atoms with van der Waals surface area (Å²) < 4.78 is 1.68. The van der Waals surface area contributed by atoms with E-state index in [0.717, 1.165) is 12.4 Å². The second kappa shape index (κ2) is 6.80. The van der Waals surface area contributed by atoms with Crippen LogP contribution >= 0.6 is 0 Å². The summed E-state index contributed by atoms with van der Waals surface area (Å²) >= 11 is 0. The van der Waals surface area contributed by atoms with Gasteiger partial charge in [-0.05, 0) is 25.5 Å². The molecular weight excluding hydrogens is 346 g/mol. The molecule has 0 bridgehead atoms. The van der Waals surface area contributed by atoms with E-state index in [1.54, 1.807) is 16.9 Å².